The van der Waals surface area contributed by atoms with Crippen molar-refractivity contribution in [1.29, 1.82) is 5.26 Å². The van der Waals surface area contributed by atoms with Gasteiger partial charge in [0.25, 0.3) is 5.91 Å². The minimum absolute atomic E-state index is 0.109. The minimum atomic E-state index is -0.239. The van der Waals surface area contributed by atoms with E-state index in [1.165, 1.54) is 0 Å². The number of nitriles is 1. The van der Waals surface area contributed by atoms with E-state index in [0.717, 1.165) is 13.1 Å². The van der Waals surface area contributed by atoms with Crippen molar-refractivity contribution in [1.82, 2.24) is 9.80 Å². The largest absolute Gasteiger partial charge is 0.335 e. The van der Waals surface area contributed by atoms with E-state index in [1.807, 2.05) is 13.1 Å². The Hall–Kier alpha value is -1.54. The molecule has 2 rings (SSSR count). The van der Waals surface area contributed by atoms with Gasteiger partial charge in [0, 0.05) is 26.2 Å². The lowest BCUT2D eigenvalue weighted by molar-refractivity contribution is -0.128. The topological polar surface area (TPSA) is 47.3 Å². The molecule has 0 saturated carbocycles. The average Bonchev–Trinajstić information content (AvgIpc) is 2.48. The van der Waals surface area contributed by atoms with Gasteiger partial charge in [-0.3, -0.25) is 4.79 Å². The number of amides is 1. The molecule has 0 atom stereocenters. The third-order valence-corrected chi connectivity index (χ3v) is 4.14. The van der Waals surface area contributed by atoms with E-state index in [2.05, 4.69) is 4.90 Å². The number of carbonyl (C=O) groups is 1. The Labute approximate surface area is 134 Å². The Balaban J connectivity index is 2.18. The van der Waals surface area contributed by atoms with Gasteiger partial charge in [-0.05, 0) is 30.8 Å². The predicted molar refractivity (Wildman–Crippen MR) is 84.1 cm³/mol. The smallest absolute Gasteiger partial charge is 0.264 e. The molecule has 6 heteroatoms. The fraction of sp³-hybridized carbons (Fsp3) is 0.333. The Morgan fingerprint density at radius 1 is 1.24 bits per heavy atom. The van der Waals surface area contributed by atoms with Gasteiger partial charge in [-0.2, -0.15) is 5.26 Å². The molecule has 1 aromatic rings. The van der Waals surface area contributed by atoms with Crippen LogP contribution < -0.4 is 0 Å². The molecule has 0 spiro atoms. The monoisotopic (exact) mass is 323 g/mol. The lowest BCUT2D eigenvalue weighted by Gasteiger charge is -2.32. The summed E-state index contributed by atoms with van der Waals surface area (Å²) < 4.78 is 0. The van der Waals surface area contributed by atoms with Crippen LogP contribution in [0.15, 0.2) is 23.8 Å². The van der Waals surface area contributed by atoms with Crippen LogP contribution in [0.5, 0.6) is 0 Å². The zero-order valence-corrected chi connectivity index (χ0v) is 13.2. The minimum Gasteiger partial charge on any atom is -0.335 e. The molecular formula is C15H15Cl2N3O. The van der Waals surface area contributed by atoms with Crippen LogP contribution in [0.2, 0.25) is 10.0 Å². The third kappa shape index (κ3) is 3.98. The highest BCUT2D eigenvalue weighted by Crippen LogP contribution is 2.24. The molecular weight excluding hydrogens is 309 g/mol. The number of hydrogen-bond acceptors (Lipinski definition) is 3. The summed E-state index contributed by atoms with van der Waals surface area (Å²) in [5.41, 5.74) is 0.793. The number of carbonyl (C=O) groups excluding carboxylic acids is 1. The second-order valence-electron chi connectivity index (χ2n) is 4.94. The molecule has 0 radical (unpaired) electrons. The van der Waals surface area contributed by atoms with Gasteiger partial charge in [0.05, 0.1) is 10.0 Å². The van der Waals surface area contributed by atoms with Gasteiger partial charge in [-0.25, -0.2) is 0 Å². The van der Waals surface area contributed by atoms with Crippen LogP contribution in [0.3, 0.4) is 0 Å². The molecule has 1 amide bonds. The van der Waals surface area contributed by atoms with E-state index in [-0.39, 0.29) is 11.5 Å². The Bertz CT molecular complexity index is 614. The normalized spacial score (nSPS) is 16.7. The van der Waals surface area contributed by atoms with Crippen molar-refractivity contribution in [2.45, 2.75) is 0 Å². The molecule has 1 heterocycles. The van der Waals surface area contributed by atoms with E-state index in [1.54, 1.807) is 29.2 Å². The molecule has 1 aromatic carbocycles. The Morgan fingerprint density at radius 3 is 2.48 bits per heavy atom. The molecule has 0 bridgehead atoms. The molecule has 1 fully saturated rings. The second kappa shape index (κ2) is 6.95. The summed E-state index contributed by atoms with van der Waals surface area (Å²) in [5.74, 6) is -0.239. The highest BCUT2D eigenvalue weighted by Gasteiger charge is 2.22. The van der Waals surface area contributed by atoms with Crippen LogP contribution >= 0.6 is 23.2 Å². The van der Waals surface area contributed by atoms with Crippen LogP contribution in [-0.2, 0) is 4.79 Å². The second-order valence-corrected chi connectivity index (χ2v) is 5.75. The molecule has 21 heavy (non-hydrogen) atoms. The molecule has 0 N–H and O–H groups in total. The van der Waals surface area contributed by atoms with Crippen LogP contribution in [0.1, 0.15) is 5.56 Å². The average molecular weight is 324 g/mol. The van der Waals surface area contributed by atoms with Crippen molar-refractivity contribution in [2.24, 2.45) is 0 Å². The maximum atomic E-state index is 12.3. The van der Waals surface area contributed by atoms with Crippen LogP contribution in [0.4, 0.5) is 0 Å². The molecule has 1 aliphatic rings. The summed E-state index contributed by atoms with van der Waals surface area (Å²) in [4.78, 5) is 16.2. The maximum absolute atomic E-state index is 12.3. The highest BCUT2D eigenvalue weighted by atomic mass is 35.5. The Morgan fingerprint density at radius 2 is 1.90 bits per heavy atom. The van der Waals surface area contributed by atoms with Gasteiger partial charge in [-0.1, -0.05) is 29.3 Å². The number of benzene rings is 1. The lowest BCUT2D eigenvalue weighted by atomic mass is 10.1. The van der Waals surface area contributed by atoms with Crippen molar-refractivity contribution in [3.05, 3.63) is 39.4 Å². The number of halogens is 2. The van der Waals surface area contributed by atoms with Crippen molar-refractivity contribution in [3.8, 4) is 6.07 Å². The number of hydrogen-bond donors (Lipinski definition) is 0. The first-order chi connectivity index (χ1) is 10.0. The van der Waals surface area contributed by atoms with E-state index in [0.29, 0.717) is 28.7 Å². The Kier molecular flexibility index (Phi) is 5.24. The van der Waals surface area contributed by atoms with Gasteiger partial charge < -0.3 is 9.80 Å². The van der Waals surface area contributed by atoms with Crippen molar-refractivity contribution in [3.63, 3.8) is 0 Å². The molecule has 0 unspecified atom stereocenters. The van der Waals surface area contributed by atoms with Gasteiger partial charge in [-0.15, -0.1) is 0 Å². The summed E-state index contributed by atoms with van der Waals surface area (Å²) in [6.45, 7) is 2.90. The van der Waals surface area contributed by atoms with Gasteiger partial charge in [0.1, 0.15) is 11.6 Å². The van der Waals surface area contributed by atoms with Gasteiger partial charge in [0.2, 0.25) is 0 Å². The zero-order valence-electron chi connectivity index (χ0n) is 11.6. The fourth-order valence-corrected chi connectivity index (χ4v) is 2.40. The number of rotatable bonds is 2. The maximum Gasteiger partial charge on any atom is 0.264 e. The van der Waals surface area contributed by atoms with Crippen molar-refractivity contribution in [2.75, 3.05) is 33.2 Å². The first kappa shape index (κ1) is 15.8. The molecule has 1 aliphatic heterocycles. The van der Waals surface area contributed by atoms with E-state index in [4.69, 9.17) is 23.2 Å². The van der Waals surface area contributed by atoms with Gasteiger partial charge >= 0.3 is 0 Å². The number of likely N-dealkylation sites (N-methyl/N-ethyl adjacent to an activating group) is 1. The molecule has 4 nitrogen and oxygen atoms in total. The standard InChI is InChI=1S/C15H15Cl2N3O/c1-19-4-6-20(7-5-19)15(21)12(10-18)8-11-2-3-13(16)14(17)9-11/h2-3,8-9H,4-7H2,1H3/b12-8+. The summed E-state index contributed by atoms with van der Waals surface area (Å²) in [5, 5.41) is 10.1. The molecule has 0 aliphatic carbocycles. The van der Waals surface area contributed by atoms with E-state index in [9.17, 15) is 10.1 Å². The first-order valence-corrected chi connectivity index (χ1v) is 7.31. The number of nitrogens with zero attached hydrogens (tertiary/aromatic N) is 3. The fourth-order valence-electron chi connectivity index (χ4n) is 2.09. The zero-order chi connectivity index (χ0) is 15.4. The highest BCUT2D eigenvalue weighted by molar-refractivity contribution is 6.42. The quantitative estimate of drug-likeness (QED) is 0.621. The van der Waals surface area contributed by atoms with E-state index < -0.39 is 0 Å². The SMILES string of the molecule is CN1CCN(C(=O)/C(C#N)=C/c2ccc(Cl)c(Cl)c2)CC1. The predicted octanol–water partition coefficient (Wildman–Crippen LogP) is 2.67. The van der Waals surface area contributed by atoms with Crippen molar-refractivity contribution < 1.29 is 4.79 Å². The van der Waals surface area contributed by atoms with Crippen LogP contribution in [-0.4, -0.2) is 48.9 Å². The van der Waals surface area contributed by atoms with E-state index >= 15 is 0 Å². The third-order valence-electron chi connectivity index (χ3n) is 3.40. The molecule has 0 aromatic heterocycles. The van der Waals surface area contributed by atoms with Crippen molar-refractivity contribution >= 4 is 35.2 Å². The summed E-state index contributed by atoms with van der Waals surface area (Å²) in [6, 6.07) is 6.98. The lowest BCUT2D eigenvalue weighted by Crippen LogP contribution is -2.47. The van der Waals surface area contributed by atoms with Gasteiger partial charge in [0.15, 0.2) is 0 Å². The molecule has 110 valence electrons. The van der Waals surface area contributed by atoms with Crippen LogP contribution in [0, 0.1) is 11.3 Å². The number of piperazine rings is 1. The summed E-state index contributed by atoms with van der Waals surface area (Å²) in [6.07, 6.45) is 1.54. The summed E-state index contributed by atoms with van der Waals surface area (Å²) in [7, 11) is 2.01. The van der Waals surface area contributed by atoms with Crippen LogP contribution in [0.25, 0.3) is 6.08 Å². The first-order valence-electron chi connectivity index (χ1n) is 6.56. The molecule has 1 saturated heterocycles. The summed E-state index contributed by atoms with van der Waals surface area (Å²) >= 11 is 11.8.